The zero-order valence-electron chi connectivity index (χ0n) is 11.3. The maximum atomic E-state index is 12.3. The van der Waals surface area contributed by atoms with Crippen LogP contribution in [0.2, 0.25) is 5.02 Å². The van der Waals surface area contributed by atoms with Crippen molar-refractivity contribution >= 4 is 39.1 Å². The second kappa shape index (κ2) is 6.17. The Kier molecular flexibility index (Phi) is 4.89. The summed E-state index contributed by atoms with van der Waals surface area (Å²) < 4.78 is -0.777. The Morgan fingerprint density at radius 2 is 2.14 bits per heavy atom. The van der Waals surface area contributed by atoms with Crippen molar-refractivity contribution in [3.63, 3.8) is 0 Å². The normalized spacial score (nSPS) is 19.7. The van der Waals surface area contributed by atoms with Gasteiger partial charge < -0.3 is 5.32 Å². The first-order valence-corrected chi connectivity index (χ1v) is 7.44. The molecule has 0 saturated carbocycles. The summed E-state index contributed by atoms with van der Waals surface area (Å²) in [4.78, 5) is 12.3. The Labute approximate surface area is 149 Å². The molecule has 1 amide bonds. The molecule has 0 spiro atoms. The fourth-order valence-electron chi connectivity index (χ4n) is 2.46. The number of halogens is 2. The molecule has 21 heavy (non-hydrogen) atoms. The standard InChI is InChI=1S/C16H12BrClNO.V/c1-10-5-6-13-14(7-10)19-15(20)16(13,17)9-11-3-2-4-12(18)8-11;/h2-5,7-8H,9H2,1H3,(H,19,20);/q-1;. The quantitative estimate of drug-likeness (QED) is 0.593. The number of anilines is 1. The van der Waals surface area contributed by atoms with Gasteiger partial charge in [0.25, 0.3) is 0 Å². The molecule has 2 aromatic rings. The number of amides is 1. The molecule has 2 nitrogen and oxygen atoms in total. The van der Waals surface area contributed by atoms with Gasteiger partial charge in [0.1, 0.15) is 4.32 Å². The van der Waals surface area contributed by atoms with Gasteiger partial charge in [0, 0.05) is 23.6 Å². The van der Waals surface area contributed by atoms with Crippen molar-refractivity contribution in [2.24, 2.45) is 0 Å². The molecular formula is C16H12BrClNOV-. The van der Waals surface area contributed by atoms with E-state index in [0.29, 0.717) is 11.4 Å². The van der Waals surface area contributed by atoms with Crippen LogP contribution in [0, 0.1) is 13.0 Å². The van der Waals surface area contributed by atoms with Crippen molar-refractivity contribution in [2.45, 2.75) is 17.7 Å². The second-order valence-electron chi connectivity index (χ2n) is 5.03. The zero-order valence-corrected chi connectivity index (χ0v) is 15.0. The van der Waals surface area contributed by atoms with Crippen molar-refractivity contribution < 1.29 is 23.4 Å². The summed E-state index contributed by atoms with van der Waals surface area (Å²) in [6.07, 6.45) is 0.534. The Bertz CT molecular complexity index is 706. The van der Waals surface area contributed by atoms with E-state index < -0.39 is 4.32 Å². The molecule has 1 atom stereocenters. The zero-order chi connectivity index (χ0) is 14.3. The van der Waals surface area contributed by atoms with Crippen LogP contribution >= 0.6 is 27.5 Å². The Morgan fingerprint density at radius 3 is 2.86 bits per heavy atom. The molecule has 1 aliphatic rings. The number of benzene rings is 2. The third-order valence-corrected chi connectivity index (χ3v) is 4.70. The average molecular weight is 401 g/mol. The van der Waals surface area contributed by atoms with Gasteiger partial charge in [-0.05, 0) is 24.1 Å². The number of carbonyl (C=O) groups excluding carboxylic acids is 1. The molecule has 2 aromatic carbocycles. The molecule has 1 heterocycles. The van der Waals surface area contributed by atoms with Gasteiger partial charge in [-0.15, -0.1) is 11.6 Å². The molecule has 1 aliphatic heterocycles. The smallest absolute Gasteiger partial charge is 0.233 e. The molecule has 0 fully saturated rings. The number of hydrogen-bond donors (Lipinski definition) is 1. The molecule has 5 heteroatoms. The second-order valence-corrected chi connectivity index (χ2v) is 6.82. The minimum Gasteiger partial charge on any atom is -0.378 e. The van der Waals surface area contributed by atoms with Gasteiger partial charge in [-0.2, -0.15) is 17.7 Å². The number of hydrogen-bond acceptors (Lipinski definition) is 1. The molecule has 1 N–H and O–H groups in total. The predicted octanol–water partition coefficient (Wildman–Crippen LogP) is 4.23. The van der Waals surface area contributed by atoms with Crippen molar-refractivity contribution in [1.29, 1.82) is 0 Å². The summed E-state index contributed by atoms with van der Waals surface area (Å²) in [5.74, 6) is -0.0608. The van der Waals surface area contributed by atoms with Gasteiger partial charge in [-0.1, -0.05) is 52.3 Å². The van der Waals surface area contributed by atoms with Crippen LogP contribution in [0.3, 0.4) is 0 Å². The summed E-state index contributed by atoms with van der Waals surface area (Å²) in [5.41, 5.74) is 3.76. The minimum absolute atomic E-state index is 0. The Hall–Kier alpha value is -0.736. The third-order valence-electron chi connectivity index (χ3n) is 3.43. The third kappa shape index (κ3) is 3.07. The molecule has 1 unspecified atom stereocenters. The van der Waals surface area contributed by atoms with E-state index in [9.17, 15) is 4.79 Å². The maximum absolute atomic E-state index is 12.3. The number of aryl methyl sites for hydroxylation is 1. The van der Waals surface area contributed by atoms with E-state index in [1.165, 1.54) is 0 Å². The molecule has 1 radical (unpaired) electrons. The van der Waals surface area contributed by atoms with Crippen LogP contribution in [-0.2, 0) is 34.1 Å². The summed E-state index contributed by atoms with van der Waals surface area (Å²) in [6, 6.07) is 14.6. The number of rotatable bonds is 2. The molecule has 3 rings (SSSR count). The Balaban J connectivity index is 0.00000161. The van der Waals surface area contributed by atoms with Gasteiger partial charge in [-0.25, -0.2) is 0 Å². The first-order valence-electron chi connectivity index (χ1n) is 6.27. The van der Waals surface area contributed by atoms with E-state index >= 15 is 0 Å². The van der Waals surface area contributed by atoms with Gasteiger partial charge in [0.15, 0.2) is 0 Å². The first kappa shape index (κ1) is 16.6. The van der Waals surface area contributed by atoms with Gasteiger partial charge in [0.05, 0.1) is 0 Å². The van der Waals surface area contributed by atoms with Crippen molar-refractivity contribution in [3.8, 4) is 0 Å². The largest absolute Gasteiger partial charge is 0.378 e. The van der Waals surface area contributed by atoms with Crippen LogP contribution in [0.1, 0.15) is 16.7 Å². The van der Waals surface area contributed by atoms with Crippen LogP contribution in [0.25, 0.3) is 0 Å². The molecule has 107 valence electrons. The van der Waals surface area contributed by atoms with E-state index in [1.807, 2.05) is 43.3 Å². The van der Waals surface area contributed by atoms with Crippen molar-refractivity contribution in [3.05, 3.63) is 64.2 Å². The van der Waals surface area contributed by atoms with E-state index in [2.05, 4.69) is 27.3 Å². The van der Waals surface area contributed by atoms with Crippen LogP contribution < -0.4 is 5.32 Å². The topological polar surface area (TPSA) is 29.1 Å². The molecule has 0 saturated heterocycles. The number of carbonyl (C=O) groups is 1. The number of alkyl halides is 1. The van der Waals surface area contributed by atoms with Gasteiger partial charge >= 0.3 is 0 Å². The van der Waals surface area contributed by atoms with Gasteiger partial charge in [0.2, 0.25) is 5.91 Å². The van der Waals surface area contributed by atoms with E-state index in [-0.39, 0.29) is 24.5 Å². The Morgan fingerprint density at radius 1 is 1.38 bits per heavy atom. The predicted molar refractivity (Wildman–Crippen MR) is 84.4 cm³/mol. The van der Waals surface area contributed by atoms with Gasteiger partial charge in [-0.3, -0.25) is 4.79 Å². The molecular weight excluding hydrogens is 388 g/mol. The molecule has 0 aliphatic carbocycles. The van der Waals surface area contributed by atoms with E-state index in [1.54, 1.807) is 0 Å². The summed E-state index contributed by atoms with van der Waals surface area (Å²) in [5, 5.41) is 3.59. The summed E-state index contributed by atoms with van der Waals surface area (Å²) in [6.45, 7) is 1.98. The van der Waals surface area contributed by atoms with Crippen molar-refractivity contribution in [1.82, 2.24) is 0 Å². The first-order chi connectivity index (χ1) is 9.49. The summed E-state index contributed by atoms with van der Waals surface area (Å²) >= 11 is 9.62. The number of fused-ring (bicyclic) bond motifs is 1. The maximum Gasteiger partial charge on any atom is 0.233 e. The van der Waals surface area contributed by atoms with Crippen molar-refractivity contribution in [2.75, 3.05) is 5.32 Å². The average Bonchev–Trinajstić information content (AvgIpc) is 2.60. The number of nitrogens with one attached hydrogen (secondary N) is 1. The monoisotopic (exact) mass is 399 g/mol. The van der Waals surface area contributed by atoms with E-state index in [4.69, 9.17) is 11.6 Å². The van der Waals surface area contributed by atoms with Crippen LogP contribution in [0.5, 0.6) is 0 Å². The van der Waals surface area contributed by atoms with Crippen LogP contribution in [-0.4, -0.2) is 5.91 Å². The van der Waals surface area contributed by atoms with Crippen LogP contribution in [0.15, 0.2) is 36.4 Å². The van der Waals surface area contributed by atoms with Crippen LogP contribution in [0.4, 0.5) is 5.69 Å². The molecule has 0 bridgehead atoms. The minimum atomic E-state index is -0.777. The summed E-state index contributed by atoms with van der Waals surface area (Å²) in [7, 11) is 0. The SMILES string of the molecule is Cc1c[c-]c2c(c1)NC(=O)C2(Br)Cc1cccc(Cl)c1.[V]. The molecule has 0 aromatic heterocycles. The fourth-order valence-corrected chi connectivity index (χ4v) is 3.43. The van der Waals surface area contributed by atoms with E-state index in [0.717, 1.165) is 22.4 Å². The fraction of sp³-hybridized carbons (Fsp3) is 0.188.